The highest BCUT2D eigenvalue weighted by atomic mass is 14.0. The van der Waals surface area contributed by atoms with E-state index in [1.807, 2.05) is 0 Å². The summed E-state index contributed by atoms with van der Waals surface area (Å²) in [4.78, 5) is 0. The molecule has 54 valence electrons. The lowest BCUT2D eigenvalue weighted by Crippen LogP contribution is -1.79. The average molecular weight is 134 g/mol. The SMILES string of the molecule is C/C1=C/C=C(/C)CC=CC1. The van der Waals surface area contributed by atoms with E-state index in [9.17, 15) is 0 Å². The highest BCUT2D eigenvalue weighted by Gasteiger charge is 1.89. The summed E-state index contributed by atoms with van der Waals surface area (Å²) in [6.45, 7) is 4.33. The summed E-state index contributed by atoms with van der Waals surface area (Å²) in [6, 6.07) is 0. The van der Waals surface area contributed by atoms with E-state index >= 15 is 0 Å². The molecule has 0 radical (unpaired) electrons. The molecular formula is C10H14. The molecule has 0 aromatic heterocycles. The fraction of sp³-hybridized carbons (Fsp3) is 0.400. The zero-order valence-electron chi connectivity index (χ0n) is 6.72. The zero-order chi connectivity index (χ0) is 7.40. The first-order valence-corrected chi connectivity index (χ1v) is 3.77. The van der Waals surface area contributed by atoms with Gasteiger partial charge in [0, 0.05) is 0 Å². The van der Waals surface area contributed by atoms with E-state index in [-0.39, 0.29) is 0 Å². The molecule has 0 atom stereocenters. The van der Waals surface area contributed by atoms with Gasteiger partial charge in [-0.05, 0) is 26.7 Å². The van der Waals surface area contributed by atoms with E-state index in [1.54, 1.807) is 0 Å². The number of rotatable bonds is 0. The molecule has 0 N–H and O–H groups in total. The molecule has 0 saturated carbocycles. The van der Waals surface area contributed by atoms with Crippen LogP contribution in [0.4, 0.5) is 0 Å². The molecule has 0 fully saturated rings. The van der Waals surface area contributed by atoms with Crippen LogP contribution >= 0.6 is 0 Å². The van der Waals surface area contributed by atoms with Crippen LogP contribution in [0.15, 0.2) is 35.5 Å². The zero-order valence-corrected chi connectivity index (χ0v) is 6.72. The van der Waals surface area contributed by atoms with Gasteiger partial charge in [-0.25, -0.2) is 0 Å². The predicted molar refractivity (Wildman–Crippen MR) is 45.9 cm³/mol. The Kier molecular flexibility index (Phi) is 2.49. The molecule has 0 unspecified atom stereocenters. The minimum absolute atomic E-state index is 1.11. The van der Waals surface area contributed by atoms with Crippen molar-refractivity contribution in [3.63, 3.8) is 0 Å². The van der Waals surface area contributed by atoms with Crippen molar-refractivity contribution in [2.75, 3.05) is 0 Å². The highest BCUT2D eigenvalue weighted by molar-refractivity contribution is 5.21. The lowest BCUT2D eigenvalue weighted by molar-refractivity contribution is 1.13. The van der Waals surface area contributed by atoms with Crippen LogP contribution in [0.1, 0.15) is 26.7 Å². The van der Waals surface area contributed by atoms with Crippen LogP contribution in [0.5, 0.6) is 0 Å². The van der Waals surface area contributed by atoms with E-state index in [2.05, 4.69) is 38.2 Å². The Morgan fingerprint density at radius 1 is 0.900 bits per heavy atom. The van der Waals surface area contributed by atoms with Gasteiger partial charge in [0.25, 0.3) is 0 Å². The predicted octanol–water partition coefficient (Wildman–Crippen LogP) is 3.23. The Morgan fingerprint density at radius 3 is 1.70 bits per heavy atom. The molecule has 0 heterocycles. The third-order valence-electron chi connectivity index (χ3n) is 1.70. The summed E-state index contributed by atoms with van der Waals surface area (Å²) in [5.74, 6) is 0. The lowest BCUT2D eigenvalue weighted by atomic mass is 10.1. The monoisotopic (exact) mass is 134 g/mol. The normalized spacial score (nSPS) is 29.4. The molecule has 0 nitrogen and oxygen atoms in total. The van der Waals surface area contributed by atoms with Gasteiger partial charge < -0.3 is 0 Å². The van der Waals surface area contributed by atoms with Crippen LogP contribution in [0.25, 0.3) is 0 Å². The molecule has 0 saturated heterocycles. The van der Waals surface area contributed by atoms with Crippen molar-refractivity contribution in [2.24, 2.45) is 0 Å². The van der Waals surface area contributed by atoms with Crippen molar-refractivity contribution in [1.82, 2.24) is 0 Å². The van der Waals surface area contributed by atoms with Gasteiger partial charge in [0.2, 0.25) is 0 Å². The van der Waals surface area contributed by atoms with Crippen LogP contribution in [0, 0.1) is 0 Å². The fourth-order valence-electron chi connectivity index (χ4n) is 0.959. The Balaban J connectivity index is 2.75. The van der Waals surface area contributed by atoms with Crippen LogP contribution in [0.2, 0.25) is 0 Å². The molecule has 0 amide bonds. The molecule has 0 bridgehead atoms. The van der Waals surface area contributed by atoms with Crippen molar-refractivity contribution in [2.45, 2.75) is 26.7 Å². The van der Waals surface area contributed by atoms with Gasteiger partial charge in [-0.3, -0.25) is 0 Å². The Bertz CT molecular complexity index is 170. The van der Waals surface area contributed by atoms with E-state index in [1.165, 1.54) is 11.1 Å². The van der Waals surface area contributed by atoms with Crippen molar-refractivity contribution >= 4 is 0 Å². The fourth-order valence-corrected chi connectivity index (χ4v) is 0.959. The summed E-state index contributed by atoms with van der Waals surface area (Å²) in [5.41, 5.74) is 2.88. The van der Waals surface area contributed by atoms with Gasteiger partial charge in [0.05, 0.1) is 0 Å². The van der Waals surface area contributed by atoms with E-state index in [0.29, 0.717) is 0 Å². The molecule has 0 aromatic carbocycles. The quantitative estimate of drug-likeness (QED) is 0.446. The van der Waals surface area contributed by atoms with Crippen LogP contribution in [0.3, 0.4) is 0 Å². The van der Waals surface area contributed by atoms with Gasteiger partial charge in [0.15, 0.2) is 0 Å². The van der Waals surface area contributed by atoms with Gasteiger partial charge in [-0.1, -0.05) is 35.5 Å². The molecule has 1 aliphatic rings. The summed E-state index contributed by atoms with van der Waals surface area (Å²) < 4.78 is 0. The molecule has 0 spiro atoms. The van der Waals surface area contributed by atoms with Crippen molar-refractivity contribution in [1.29, 1.82) is 0 Å². The smallest absolute Gasteiger partial charge is 0.0138 e. The van der Waals surface area contributed by atoms with Crippen LogP contribution in [-0.4, -0.2) is 0 Å². The second-order valence-corrected chi connectivity index (χ2v) is 2.91. The summed E-state index contributed by atoms with van der Waals surface area (Å²) in [7, 11) is 0. The molecule has 0 aromatic rings. The second kappa shape index (κ2) is 3.40. The maximum Gasteiger partial charge on any atom is -0.0138 e. The van der Waals surface area contributed by atoms with E-state index < -0.39 is 0 Å². The number of allylic oxidation sites excluding steroid dienone is 6. The first kappa shape index (κ1) is 7.33. The van der Waals surface area contributed by atoms with Gasteiger partial charge in [0.1, 0.15) is 0 Å². The molecule has 10 heavy (non-hydrogen) atoms. The van der Waals surface area contributed by atoms with Gasteiger partial charge in [-0.2, -0.15) is 0 Å². The maximum absolute atomic E-state index is 2.24. The minimum Gasteiger partial charge on any atom is -0.0842 e. The van der Waals surface area contributed by atoms with Crippen molar-refractivity contribution in [3.05, 3.63) is 35.5 Å². The first-order chi connectivity index (χ1) is 4.79. The topological polar surface area (TPSA) is 0 Å². The largest absolute Gasteiger partial charge is 0.0842 e. The third-order valence-corrected chi connectivity index (χ3v) is 1.70. The Morgan fingerprint density at radius 2 is 1.30 bits per heavy atom. The van der Waals surface area contributed by atoms with Gasteiger partial charge in [-0.15, -0.1) is 0 Å². The Labute approximate surface area is 62.9 Å². The van der Waals surface area contributed by atoms with E-state index in [4.69, 9.17) is 0 Å². The second-order valence-electron chi connectivity index (χ2n) is 2.91. The summed E-state index contributed by atoms with van der Waals surface area (Å²) in [6.07, 6.45) is 11.1. The summed E-state index contributed by atoms with van der Waals surface area (Å²) >= 11 is 0. The molecular weight excluding hydrogens is 120 g/mol. The lowest BCUT2D eigenvalue weighted by Gasteiger charge is -1.99. The highest BCUT2D eigenvalue weighted by Crippen LogP contribution is 2.10. The molecule has 1 rings (SSSR count). The average Bonchev–Trinajstić information content (AvgIpc) is 1.90. The van der Waals surface area contributed by atoms with Crippen LogP contribution < -0.4 is 0 Å². The maximum atomic E-state index is 2.24. The van der Waals surface area contributed by atoms with Crippen molar-refractivity contribution < 1.29 is 0 Å². The minimum atomic E-state index is 1.11. The molecule has 0 heteroatoms. The first-order valence-electron chi connectivity index (χ1n) is 3.77. The molecule has 0 aliphatic heterocycles. The summed E-state index contributed by atoms with van der Waals surface area (Å²) in [5, 5.41) is 0. The molecule has 1 aliphatic carbocycles. The Hall–Kier alpha value is -0.780. The van der Waals surface area contributed by atoms with Crippen molar-refractivity contribution in [3.8, 4) is 0 Å². The standard InChI is InChI=1S/C10H14/c1-9-5-3-4-6-10(2)8-7-9/h3-4,7-8H,5-6H2,1-2H3/b4-3?,9-7-,10-8-. The van der Waals surface area contributed by atoms with Crippen LogP contribution in [-0.2, 0) is 0 Å². The van der Waals surface area contributed by atoms with E-state index in [0.717, 1.165) is 12.8 Å². The van der Waals surface area contributed by atoms with Gasteiger partial charge >= 0.3 is 0 Å². The third kappa shape index (κ3) is 2.22. The number of hydrogen-bond acceptors (Lipinski definition) is 0. The number of hydrogen-bond donors (Lipinski definition) is 0.